The molecule has 140 valence electrons. The highest BCUT2D eigenvalue weighted by Gasteiger charge is 2.24. The van der Waals surface area contributed by atoms with E-state index in [0.29, 0.717) is 12.1 Å². The number of ether oxygens (including phenoxy) is 1. The maximum atomic E-state index is 13.1. The largest absolute Gasteiger partial charge is 0.497 e. The van der Waals surface area contributed by atoms with E-state index >= 15 is 0 Å². The summed E-state index contributed by atoms with van der Waals surface area (Å²) in [5.74, 6) is 0.541. The minimum absolute atomic E-state index is 0.150. The van der Waals surface area contributed by atoms with Gasteiger partial charge in [-0.25, -0.2) is 8.42 Å². The number of hydrogen-bond acceptors (Lipinski definition) is 4. The van der Waals surface area contributed by atoms with E-state index in [2.05, 4.69) is 0 Å². The van der Waals surface area contributed by atoms with Crippen molar-refractivity contribution < 1.29 is 17.9 Å². The second-order valence-electron chi connectivity index (χ2n) is 6.29. The van der Waals surface area contributed by atoms with Crippen molar-refractivity contribution in [3.63, 3.8) is 0 Å². The van der Waals surface area contributed by atoms with Crippen LogP contribution in [0.2, 0.25) is 0 Å². The molecule has 2 aromatic rings. The summed E-state index contributed by atoms with van der Waals surface area (Å²) in [5.41, 5.74) is 2.11. The average Bonchev–Trinajstić information content (AvgIpc) is 2.61. The van der Waals surface area contributed by atoms with E-state index in [1.54, 1.807) is 18.1 Å². The molecule has 0 aliphatic carbocycles. The molecule has 1 amide bonds. The highest BCUT2D eigenvalue weighted by atomic mass is 32.2. The molecule has 2 rings (SSSR count). The molecule has 0 aromatic heterocycles. The molecule has 0 saturated carbocycles. The van der Waals surface area contributed by atoms with E-state index in [-0.39, 0.29) is 16.8 Å². The zero-order valence-electron chi connectivity index (χ0n) is 15.8. The lowest BCUT2D eigenvalue weighted by Gasteiger charge is -2.29. The Kier molecular flexibility index (Phi) is 6.08. The van der Waals surface area contributed by atoms with Crippen LogP contribution >= 0.6 is 0 Å². The highest BCUT2D eigenvalue weighted by Crippen LogP contribution is 2.26. The molecule has 5 nitrogen and oxygen atoms in total. The maximum absolute atomic E-state index is 13.1. The van der Waals surface area contributed by atoms with Gasteiger partial charge in [-0.05, 0) is 56.2 Å². The van der Waals surface area contributed by atoms with Crippen molar-refractivity contribution in [2.24, 2.45) is 0 Å². The highest BCUT2D eigenvalue weighted by molar-refractivity contribution is 7.90. The first kappa shape index (κ1) is 20.0. The van der Waals surface area contributed by atoms with Crippen LogP contribution in [-0.4, -0.2) is 39.1 Å². The van der Waals surface area contributed by atoms with Gasteiger partial charge in [0.2, 0.25) is 0 Å². The molecule has 0 aliphatic heterocycles. The van der Waals surface area contributed by atoms with E-state index < -0.39 is 9.84 Å². The van der Waals surface area contributed by atoms with E-state index in [0.717, 1.165) is 23.1 Å². The van der Waals surface area contributed by atoms with Gasteiger partial charge in [-0.15, -0.1) is 0 Å². The molecule has 0 heterocycles. The number of amides is 1. The molecule has 0 bridgehead atoms. The van der Waals surface area contributed by atoms with E-state index in [1.807, 2.05) is 45.0 Å². The summed E-state index contributed by atoms with van der Waals surface area (Å²) >= 11 is 0. The second kappa shape index (κ2) is 7.91. The molecule has 1 unspecified atom stereocenters. The Morgan fingerprint density at radius 2 is 1.88 bits per heavy atom. The molecule has 1 atom stereocenters. The van der Waals surface area contributed by atoms with Crippen LogP contribution in [0.3, 0.4) is 0 Å². The number of methoxy groups -OCH3 is 1. The number of nitrogens with zero attached hydrogens (tertiary/aromatic N) is 1. The molecular formula is C20H25NO4S. The lowest BCUT2D eigenvalue weighted by molar-refractivity contribution is 0.0701. The van der Waals surface area contributed by atoms with Crippen LogP contribution in [-0.2, 0) is 9.84 Å². The molecule has 0 N–H and O–H groups in total. The molecule has 0 fully saturated rings. The third kappa shape index (κ3) is 4.25. The molecule has 0 spiro atoms. The first-order chi connectivity index (χ1) is 12.2. The van der Waals surface area contributed by atoms with Crippen molar-refractivity contribution in [2.75, 3.05) is 19.9 Å². The third-order valence-electron chi connectivity index (χ3n) is 4.51. The minimum Gasteiger partial charge on any atom is -0.497 e. The van der Waals surface area contributed by atoms with Gasteiger partial charge in [0, 0.05) is 18.4 Å². The zero-order valence-corrected chi connectivity index (χ0v) is 16.6. The molecule has 26 heavy (non-hydrogen) atoms. The lowest BCUT2D eigenvalue weighted by atomic mass is 10.0. The number of carbonyl (C=O) groups is 1. The Hall–Kier alpha value is -2.34. The van der Waals surface area contributed by atoms with Crippen molar-refractivity contribution in [3.05, 3.63) is 59.2 Å². The van der Waals surface area contributed by atoms with E-state index in [4.69, 9.17) is 4.74 Å². The van der Waals surface area contributed by atoms with E-state index in [1.165, 1.54) is 12.1 Å². The Balaban J connectivity index is 2.42. The van der Waals surface area contributed by atoms with E-state index in [9.17, 15) is 13.2 Å². The summed E-state index contributed by atoms with van der Waals surface area (Å²) < 4.78 is 29.0. The summed E-state index contributed by atoms with van der Waals surface area (Å²) in [5, 5.41) is 0. The molecule has 0 radical (unpaired) electrons. The normalized spacial score (nSPS) is 12.5. The van der Waals surface area contributed by atoms with Crippen LogP contribution in [0.5, 0.6) is 5.75 Å². The fraction of sp³-hybridized carbons (Fsp3) is 0.350. The third-order valence-corrected chi connectivity index (χ3v) is 5.62. The molecule has 2 aromatic carbocycles. The van der Waals surface area contributed by atoms with Crippen LogP contribution in [0.15, 0.2) is 47.4 Å². The predicted octanol–water partition coefficient (Wildman–Crippen LogP) is 3.63. The predicted molar refractivity (Wildman–Crippen MR) is 102 cm³/mol. The van der Waals surface area contributed by atoms with Crippen molar-refractivity contribution in [2.45, 2.75) is 31.7 Å². The fourth-order valence-corrected chi connectivity index (χ4v) is 3.54. The van der Waals surface area contributed by atoms with Gasteiger partial charge in [0.25, 0.3) is 5.91 Å². The number of hydrogen-bond donors (Lipinski definition) is 0. The summed E-state index contributed by atoms with van der Waals surface area (Å²) in [6.45, 7) is 6.17. The van der Waals surface area contributed by atoms with Gasteiger partial charge in [0.1, 0.15) is 5.75 Å². The van der Waals surface area contributed by atoms with Crippen LogP contribution in [0.25, 0.3) is 0 Å². The number of rotatable bonds is 6. The fourth-order valence-electron chi connectivity index (χ4n) is 2.89. The molecule has 0 aliphatic rings. The van der Waals surface area contributed by atoms with Gasteiger partial charge in [-0.1, -0.05) is 18.2 Å². The van der Waals surface area contributed by atoms with Crippen LogP contribution in [0.1, 0.15) is 41.4 Å². The number of aryl methyl sites for hydroxylation is 1. The van der Waals surface area contributed by atoms with Crippen molar-refractivity contribution in [3.8, 4) is 5.75 Å². The zero-order chi connectivity index (χ0) is 19.5. The first-order valence-corrected chi connectivity index (χ1v) is 10.3. The standard InChI is InChI=1S/C20H25NO4S/c1-6-21(15(3)16-8-7-9-17(12-16)25-4)20(22)19-13-18(26(5,23)24)11-10-14(19)2/h7-13,15H,6H2,1-5H3. The van der Waals surface area contributed by atoms with Crippen molar-refractivity contribution in [1.82, 2.24) is 4.90 Å². The van der Waals surface area contributed by atoms with Crippen molar-refractivity contribution in [1.29, 1.82) is 0 Å². The Morgan fingerprint density at radius 3 is 2.46 bits per heavy atom. The van der Waals surface area contributed by atoms with Gasteiger partial charge < -0.3 is 9.64 Å². The monoisotopic (exact) mass is 375 g/mol. The molecule has 0 saturated heterocycles. The SMILES string of the molecule is CCN(C(=O)c1cc(S(C)(=O)=O)ccc1C)C(C)c1cccc(OC)c1. The first-order valence-electron chi connectivity index (χ1n) is 8.44. The second-order valence-corrected chi connectivity index (χ2v) is 8.31. The summed E-state index contributed by atoms with van der Waals surface area (Å²) in [6, 6.07) is 12.1. The minimum atomic E-state index is -3.38. The van der Waals surface area contributed by atoms with Crippen LogP contribution in [0.4, 0.5) is 0 Å². The molecular weight excluding hydrogens is 350 g/mol. The summed E-state index contributed by atoms with van der Waals surface area (Å²) in [7, 11) is -1.77. The lowest BCUT2D eigenvalue weighted by Crippen LogP contribution is -2.34. The maximum Gasteiger partial charge on any atom is 0.254 e. The van der Waals surface area contributed by atoms with Gasteiger partial charge in [0.15, 0.2) is 9.84 Å². The van der Waals surface area contributed by atoms with Gasteiger partial charge in [-0.2, -0.15) is 0 Å². The summed E-state index contributed by atoms with van der Waals surface area (Å²) in [6.07, 6.45) is 1.14. The van der Waals surface area contributed by atoms with Gasteiger partial charge in [0.05, 0.1) is 18.0 Å². The average molecular weight is 375 g/mol. The van der Waals surface area contributed by atoms with Crippen LogP contribution in [0, 0.1) is 6.92 Å². The number of benzene rings is 2. The topological polar surface area (TPSA) is 63.7 Å². The smallest absolute Gasteiger partial charge is 0.254 e. The van der Waals surface area contributed by atoms with Crippen LogP contribution < -0.4 is 4.74 Å². The Labute approximate surface area is 155 Å². The Bertz CT molecular complexity index is 906. The van der Waals surface area contributed by atoms with Gasteiger partial charge in [-0.3, -0.25) is 4.79 Å². The number of sulfone groups is 1. The Morgan fingerprint density at radius 1 is 1.19 bits per heavy atom. The molecule has 6 heteroatoms. The van der Waals surface area contributed by atoms with Gasteiger partial charge >= 0.3 is 0 Å². The summed E-state index contributed by atoms with van der Waals surface area (Å²) in [4.78, 5) is 15.0. The quantitative estimate of drug-likeness (QED) is 0.773. The van der Waals surface area contributed by atoms with Crippen molar-refractivity contribution >= 4 is 15.7 Å². The number of carbonyl (C=O) groups excluding carboxylic acids is 1.